The maximum absolute atomic E-state index is 12.1. The van der Waals surface area contributed by atoms with Gasteiger partial charge < -0.3 is 10.4 Å². The average Bonchev–Trinajstić information content (AvgIpc) is 2.52. The first-order valence-corrected chi connectivity index (χ1v) is 9.43. The second-order valence-electron chi connectivity index (χ2n) is 5.87. The van der Waals surface area contributed by atoms with Gasteiger partial charge >= 0.3 is 5.97 Å². The van der Waals surface area contributed by atoms with Gasteiger partial charge in [-0.3, -0.25) is 0 Å². The summed E-state index contributed by atoms with van der Waals surface area (Å²) in [4.78, 5) is 15.0. The van der Waals surface area contributed by atoms with E-state index in [-0.39, 0.29) is 17.5 Å². The van der Waals surface area contributed by atoms with Crippen LogP contribution in [0, 0.1) is 0 Å². The Labute approximate surface area is 147 Å². The van der Waals surface area contributed by atoms with Gasteiger partial charge in [0.1, 0.15) is 5.82 Å². The molecule has 0 amide bonds. The maximum atomic E-state index is 12.1. The number of anilines is 1. The monoisotopic (exact) mass is 363 g/mol. The molecule has 0 aliphatic heterocycles. The summed E-state index contributed by atoms with van der Waals surface area (Å²) in [6.07, 6.45) is 0. The molecular weight excluding hydrogens is 342 g/mol. The largest absolute Gasteiger partial charge is 0.477 e. The molecular formula is C17H21N3O4S. The molecule has 1 heterocycles. The van der Waals surface area contributed by atoms with Crippen molar-refractivity contribution in [2.45, 2.75) is 32.2 Å². The van der Waals surface area contributed by atoms with E-state index in [1.54, 1.807) is 38.1 Å². The number of carbonyl (C=O) groups is 1. The number of aromatic nitrogens is 1. The Kier molecular flexibility index (Phi) is 6.11. The fraction of sp³-hybridized carbons (Fsp3) is 0.294. The fourth-order valence-electron chi connectivity index (χ4n) is 2.31. The van der Waals surface area contributed by atoms with Crippen molar-refractivity contribution in [1.82, 2.24) is 9.71 Å². The van der Waals surface area contributed by atoms with Crippen LogP contribution in [0.2, 0.25) is 0 Å². The molecule has 2 rings (SSSR count). The summed E-state index contributed by atoms with van der Waals surface area (Å²) in [6.45, 7) is 3.88. The van der Waals surface area contributed by atoms with Crippen LogP contribution in [0.4, 0.5) is 5.82 Å². The van der Waals surface area contributed by atoms with E-state index in [0.29, 0.717) is 17.9 Å². The summed E-state index contributed by atoms with van der Waals surface area (Å²) in [7, 11) is -3.43. The minimum absolute atomic E-state index is 0.0537. The number of hydrogen-bond acceptors (Lipinski definition) is 5. The van der Waals surface area contributed by atoms with Crippen LogP contribution in [-0.2, 0) is 22.3 Å². The Hall–Kier alpha value is -2.45. The molecule has 7 nitrogen and oxygen atoms in total. The first kappa shape index (κ1) is 18.9. The molecule has 0 saturated carbocycles. The number of sulfonamides is 1. The third kappa shape index (κ3) is 5.84. The normalized spacial score (nSPS) is 11.5. The van der Waals surface area contributed by atoms with E-state index in [2.05, 4.69) is 15.0 Å². The first-order chi connectivity index (χ1) is 11.8. The van der Waals surface area contributed by atoms with E-state index in [9.17, 15) is 13.2 Å². The highest BCUT2D eigenvalue weighted by Gasteiger charge is 2.15. The molecule has 1 aromatic carbocycles. The predicted molar refractivity (Wildman–Crippen MR) is 95.9 cm³/mol. The lowest BCUT2D eigenvalue weighted by Crippen LogP contribution is -2.31. The first-order valence-electron chi connectivity index (χ1n) is 7.78. The molecule has 0 radical (unpaired) electrons. The molecule has 2 aromatic rings. The number of hydrogen-bond donors (Lipinski definition) is 3. The third-order valence-electron chi connectivity index (χ3n) is 3.31. The molecule has 8 heteroatoms. The molecule has 134 valence electrons. The smallest absolute Gasteiger partial charge is 0.354 e. The molecule has 0 aliphatic carbocycles. The highest BCUT2D eigenvalue weighted by atomic mass is 32.2. The van der Waals surface area contributed by atoms with Gasteiger partial charge in [0.25, 0.3) is 0 Å². The van der Waals surface area contributed by atoms with E-state index < -0.39 is 16.0 Å². The lowest BCUT2D eigenvalue weighted by Gasteiger charge is -2.13. The molecule has 3 N–H and O–H groups in total. The van der Waals surface area contributed by atoms with Crippen molar-refractivity contribution in [3.63, 3.8) is 0 Å². The van der Waals surface area contributed by atoms with Crippen LogP contribution in [0.15, 0.2) is 42.5 Å². The third-order valence-corrected chi connectivity index (χ3v) is 4.83. The minimum atomic E-state index is -3.43. The Bertz CT molecular complexity index is 850. The van der Waals surface area contributed by atoms with Crippen LogP contribution in [-0.4, -0.2) is 30.5 Å². The summed E-state index contributed by atoms with van der Waals surface area (Å²) < 4.78 is 26.9. The Morgan fingerprint density at radius 1 is 1.12 bits per heavy atom. The van der Waals surface area contributed by atoms with Crippen molar-refractivity contribution >= 4 is 21.8 Å². The number of rotatable bonds is 8. The van der Waals surface area contributed by atoms with Crippen LogP contribution in [0.5, 0.6) is 0 Å². The van der Waals surface area contributed by atoms with Crippen molar-refractivity contribution in [1.29, 1.82) is 0 Å². The standard InChI is InChI=1S/C17H21N3O4S/c1-12(2)20-25(23,24)11-14-7-4-3-6-13(14)10-18-16-9-5-8-15(19-16)17(21)22/h3-9,12,20H,10-11H2,1-2H3,(H,18,19)(H,21,22). The second-order valence-corrected chi connectivity index (χ2v) is 7.62. The summed E-state index contributed by atoms with van der Waals surface area (Å²) in [6, 6.07) is 11.7. The number of aromatic carboxylic acids is 1. The summed E-state index contributed by atoms with van der Waals surface area (Å²) in [5.41, 5.74) is 1.43. The number of nitrogens with one attached hydrogen (secondary N) is 2. The van der Waals surface area contributed by atoms with Crippen molar-refractivity contribution in [2.75, 3.05) is 5.32 Å². The highest BCUT2D eigenvalue weighted by molar-refractivity contribution is 7.88. The van der Waals surface area contributed by atoms with E-state index in [1.165, 1.54) is 6.07 Å². The fourth-order valence-corrected chi connectivity index (χ4v) is 3.81. The molecule has 0 spiro atoms. The van der Waals surface area contributed by atoms with Gasteiger partial charge in [0, 0.05) is 12.6 Å². The van der Waals surface area contributed by atoms with Crippen LogP contribution in [0.3, 0.4) is 0 Å². The van der Waals surface area contributed by atoms with Gasteiger partial charge in [-0.15, -0.1) is 0 Å². The van der Waals surface area contributed by atoms with Crippen molar-refractivity contribution in [2.24, 2.45) is 0 Å². The minimum Gasteiger partial charge on any atom is -0.477 e. The second kappa shape index (κ2) is 8.09. The molecule has 0 atom stereocenters. The lowest BCUT2D eigenvalue weighted by molar-refractivity contribution is 0.0690. The quantitative estimate of drug-likeness (QED) is 0.664. The van der Waals surface area contributed by atoms with Gasteiger partial charge in [-0.25, -0.2) is 22.9 Å². The topological polar surface area (TPSA) is 108 Å². The van der Waals surface area contributed by atoms with Crippen molar-refractivity contribution in [3.05, 3.63) is 59.3 Å². The zero-order valence-electron chi connectivity index (χ0n) is 14.1. The Balaban J connectivity index is 2.13. The summed E-state index contributed by atoms with van der Waals surface area (Å²) >= 11 is 0. The van der Waals surface area contributed by atoms with Crippen LogP contribution >= 0.6 is 0 Å². The molecule has 0 aliphatic rings. The Morgan fingerprint density at radius 2 is 1.80 bits per heavy atom. The van der Waals surface area contributed by atoms with Crippen LogP contribution < -0.4 is 10.0 Å². The predicted octanol–water partition coefficient (Wildman–Crippen LogP) is 2.22. The van der Waals surface area contributed by atoms with Gasteiger partial charge in [0.05, 0.1) is 5.75 Å². The highest BCUT2D eigenvalue weighted by Crippen LogP contribution is 2.15. The SMILES string of the molecule is CC(C)NS(=O)(=O)Cc1ccccc1CNc1cccc(C(=O)O)n1. The van der Waals surface area contributed by atoms with Gasteiger partial charge in [0.2, 0.25) is 10.0 Å². The van der Waals surface area contributed by atoms with Crippen LogP contribution in [0.25, 0.3) is 0 Å². The molecule has 1 aromatic heterocycles. The van der Waals surface area contributed by atoms with Crippen LogP contribution in [0.1, 0.15) is 35.5 Å². The maximum Gasteiger partial charge on any atom is 0.354 e. The van der Waals surface area contributed by atoms with Gasteiger partial charge in [-0.05, 0) is 37.1 Å². The molecule has 0 fully saturated rings. The molecule has 0 bridgehead atoms. The summed E-state index contributed by atoms with van der Waals surface area (Å²) in [5, 5.41) is 12.0. The molecule has 25 heavy (non-hydrogen) atoms. The van der Waals surface area contributed by atoms with Gasteiger partial charge in [-0.2, -0.15) is 0 Å². The number of benzene rings is 1. The Morgan fingerprint density at radius 3 is 2.44 bits per heavy atom. The zero-order chi connectivity index (χ0) is 18.4. The molecule has 0 unspecified atom stereocenters. The van der Waals surface area contributed by atoms with E-state index >= 15 is 0 Å². The van der Waals surface area contributed by atoms with Crippen molar-refractivity contribution in [3.8, 4) is 0 Å². The number of pyridine rings is 1. The number of nitrogens with zero attached hydrogens (tertiary/aromatic N) is 1. The van der Waals surface area contributed by atoms with Gasteiger partial charge in [-0.1, -0.05) is 30.3 Å². The number of carboxylic acid groups (broad SMARTS) is 1. The van der Waals surface area contributed by atoms with E-state index in [0.717, 1.165) is 5.56 Å². The van der Waals surface area contributed by atoms with Gasteiger partial charge in [0.15, 0.2) is 5.69 Å². The summed E-state index contributed by atoms with van der Waals surface area (Å²) in [5.74, 6) is -0.807. The van der Waals surface area contributed by atoms with E-state index in [1.807, 2.05) is 12.1 Å². The van der Waals surface area contributed by atoms with E-state index in [4.69, 9.17) is 5.11 Å². The average molecular weight is 363 g/mol. The number of carboxylic acids is 1. The molecule has 0 saturated heterocycles. The zero-order valence-corrected chi connectivity index (χ0v) is 14.9. The lowest BCUT2D eigenvalue weighted by atomic mass is 10.1. The van der Waals surface area contributed by atoms with Crippen molar-refractivity contribution < 1.29 is 18.3 Å².